The Kier molecular flexibility index (Phi) is 4.17. The van der Waals surface area contributed by atoms with Gasteiger partial charge in [-0.2, -0.15) is 0 Å². The third-order valence-electron chi connectivity index (χ3n) is 2.86. The van der Waals surface area contributed by atoms with Gasteiger partial charge in [0.25, 0.3) is 0 Å². The molecule has 1 aromatic carbocycles. The summed E-state index contributed by atoms with van der Waals surface area (Å²) in [5.74, 6) is 0. The standard InChI is InChI=1S/C13H19N3O2/c1-14-9-16(10-15(2)13(14)17)11-18-8-12-6-4-3-5-7-12/h3-7H,8-11H2,1-2H3. The quantitative estimate of drug-likeness (QED) is 0.808. The van der Waals surface area contributed by atoms with Gasteiger partial charge in [0.15, 0.2) is 0 Å². The molecule has 0 bridgehead atoms. The van der Waals surface area contributed by atoms with Gasteiger partial charge in [0.05, 0.1) is 19.9 Å². The first-order chi connectivity index (χ1) is 8.66. The average Bonchev–Trinajstić information content (AvgIpc) is 2.37. The van der Waals surface area contributed by atoms with Crippen LogP contribution in [0.5, 0.6) is 0 Å². The Morgan fingerprint density at radius 2 is 1.72 bits per heavy atom. The molecule has 0 aliphatic carbocycles. The van der Waals surface area contributed by atoms with Crippen LogP contribution in [0, 0.1) is 0 Å². The molecule has 5 heteroatoms. The number of nitrogens with zero attached hydrogens (tertiary/aromatic N) is 3. The fourth-order valence-corrected chi connectivity index (χ4v) is 2.01. The molecule has 98 valence electrons. The molecule has 2 amide bonds. The number of urea groups is 1. The first-order valence-electron chi connectivity index (χ1n) is 5.97. The summed E-state index contributed by atoms with van der Waals surface area (Å²) in [5, 5.41) is 0. The summed E-state index contributed by atoms with van der Waals surface area (Å²) < 4.78 is 5.65. The van der Waals surface area contributed by atoms with Crippen molar-refractivity contribution < 1.29 is 9.53 Å². The lowest BCUT2D eigenvalue weighted by molar-refractivity contribution is -0.0387. The van der Waals surface area contributed by atoms with Gasteiger partial charge in [-0.1, -0.05) is 30.3 Å². The fourth-order valence-electron chi connectivity index (χ4n) is 2.01. The van der Waals surface area contributed by atoms with Crippen LogP contribution in [0.4, 0.5) is 4.79 Å². The summed E-state index contributed by atoms with van der Waals surface area (Å²) in [5.41, 5.74) is 1.16. The molecule has 1 aromatic rings. The minimum atomic E-state index is 0.0503. The molecule has 5 nitrogen and oxygen atoms in total. The molecule has 0 radical (unpaired) electrons. The predicted octanol–water partition coefficient (Wildman–Crippen LogP) is 1.37. The summed E-state index contributed by atoms with van der Waals surface area (Å²) in [6.45, 7) is 2.34. The molecule has 2 rings (SSSR count). The minimum absolute atomic E-state index is 0.0503. The fraction of sp³-hybridized carbons (Fsp3) is 0.462. The van der Waals surface area contributed by atoms with Gasteiger partial charge in [0.2, 0.25) is 0 Å². The predicted molar refractivity (Wildman–Crippen MR) is 68.6 cm³/mol. The number of ether oxygens (including phenoxy) is 1. The number of hydrogen-bond acceptors (Lipinski definition) is 3. The second-order valence-corrected chi connectivity index (χ2v) is 4.60. The van der Waals surface area contributed by atoms with Crippen LogP contribution in [-0.4, -0.2) is 54.9 Å². The van der Waals surface area contributed by atoms with Crippen LogP contribution in [0.3, 0.4) is 0 Å². The lowest BCUT2D eigenvalue weighted by Gasteiger charge is -2.38. The smallest absolute Gasteiger partial charge is 0.321 e. The van der Waals surface area contributed by atoms with Crippen LogP contribution >= 0.6 is 0 Å². The molecule has 1 aliphatic heterocycles. The van der Waals surface area contributed by atoms with E-state index in [-0.39, 0.29) is 6.03 Å². The van der Waals surface area contributed by atoms with Crippen LogP contribution in [-0.2, 0) is 11.3 Å². The molecule has 0 aromatic heterocycles. The molecule has 1 fully saturated rings. The molecule has 1 saturated heterocycles. The monoisotopic (exact) mass is 249 g/mol. The van der Waals surface area contributed by atoms with Crippen LogP contribution in [0.2, 0.25) is 0 Å². The SMILES string of the molecule is CN1CN(COCc2ccccc2)CN(C)C1=O. The van der Waals surface area contributed by atoms with Crippen LogP contribution in [0.15, 0.2) is 30.3 Å². The maximum Gasteiger partial charge on any atom is 0.321 e. The maximum atomic E-state index is 11.6. The van der Waals surface area contributed by atoms with Crippen molar-refractivity contribution in [1.29, 1.82) is 0 Å². The normalized spacial score (nSPS) is 17.3. The highest BCUT2D eigenvalue weighted by molar-refractivity contribution is 5.74. The molecule has 0 unspecified atom stereocenters. The van der Waals surface area contributed by atoms with Gasteiger partial charge in [-0.05, 0) is 5.56 Å². The number of amides is 2. The third-order valence-corrected chi connectivity index (χ3v) is 2.86. The lowest BCUT2D eigenvalue weighted by atomic mass is 10.2. The Labute approximate surface area is 108 Å². The second-order valence-electron chi connectivity index (χ2n) is 4.60. The maximum absolute atomic E-state index is 11.6. The minimum Gasteiger partial charge on any atom is -0.361 e. The van der Waals surface area contributed by atoms with E-state index in [4.69, 9.17) is 4.74 Å². The largest absolute Gasteiger partial charge is 0.361 e. The van der Waals surface area contributed by atoms with Crippen LogP contribution in [0.25, 0.3) is 0 Å². The van der Waals surface area contributed by atoms with Gasteiger partial charge >= 0.3 is 6.03 Å². The third kappa shape index (κ3) is 3.21. The number of carbonyl (C=O) groups excluding carboxylic acids is 1. The van der Waals surface area contributed by atoms with Crippen molar-refractivity contribution in [2.45, 2.75) is 6.61 Å². The molecule has 1 heterocycles. The van der Waals surface area contributed by atoms with E-state index in [1.165, 1.54) is 0 Å². The van der Waals surface area contributed by atoms with E-state index in [1.54, 1.807) is 23.9 Å². The van der Waals surface area contributed by atoms with Crippen molar-refractivity contribution in [3.05, 3.63) is 35.9 Å². The summed E-state index contributed by atoms with van der Waals surface area (Å²) in [6.07, 6.45) is 0. The van der Waals surface area contributed by atoms with Crippen molar-refractivity contribution in [3.8, 4) is 0 Å². The Bertz CT molecular complexity index is 382. The summed E-state index contributed by atoms with van der Waals surface area (Å²) >= 11 is 0. The highest BCUT2D eigenvalue weighted by Crippen LogP contribution is 2.07. The van der Waals surface area contributed by atoms with Gasteiger partial charge in [-0.25, -0.2) is 9.69 Å². The molecule has 0 saturated carbocycles. The zero-order valence-corrected chi connectivity index (χ0v) is 10.9. The first-order valence-corrected chi connectivity index (χ1v) is 5.97. The number of benzene rings is 1. The van der Waals surface area contributed by atoms with Crippen molar-refractivity contribution in [1.82, 2.24) is 14.7 Å². The lowest BCUT2D eigenvalue weighted by Crippen LogP contribution is -2.55. The van der Waals surface area contributed by atoms with Crippen LogP contribution < -0.4 is 0 Å². The Morgan fingerprint density at radius 3 is 2.33 bits per heavy atom. The summed E-state index contributed by atoms with van der Waals surface area (Å²) in [7, 11) is 3.59. The van der Waals surface area contributed by atoms with Crippen molar-refractivity contribution in [2.24, 2.45) is 0 Å². The van der Waals surface area contributed by atoms with Gasteiger partial charge in [0.1, 0.15) is 6.73 Å². The van der Waals surface area contributed by atoms with E-state index in [1.807, 2.05) is 30.3 Å². The highest BCUT2D eigenvalue weighted by atomic mass is 16.5. The number of hydrogen-bond donors (Lipinski definition) is 0. The van der Waals surface area contributed by atoms with E-state index in [0.717, 1.165) is 5.56 Å². The van der Waals surface area contributed by atoms with E-state index in [2.05, 4.69) is 4.90 Å². The Balaban J connectivity index is 1.76. The topological polar surface area (TPSA) is 36.0 Å². The molecule has 0 atom stereocenters. The highest BCUT2D eigenvalue weighted by Gasteiger charge is 2.24. The molecular formula is C13H19N3O2. The van der Waals surface area contributed by atoms with E-state index >= 15 is 0 Å². The Hall–Kier alpha value is -1.59. The van der Waals surface area contributed by atoms with Crippen molar-refractivity contribution in [2.75, 3.05) is 34.2 Å². The van der Waals surface area contributed by atoms with Gasteiger partial charge in [-0.15, -0.1) is 0 Å². The van der Waals surface area contributed by atoms with E-state index < -0.39 is 0 Å². The molecular weight excluding hydrogens is 230 g/mol. The Morgan fingerprint density at radius 1 is 1.11 bits per heavy atom. The first kappa shape index (κ1) is 12.9. The zero-order valence-electron chi connectivity index (χ0n) is 10.9. The molecule has 0 spiro atoms. The average molecular weight is 249 g/mol. The van der Waals surface area contributed by atoms with Crippen LogP contribution in [0.1, 0.15) is 5.56 Å². The molecule has 0 N–H and O–H groups in total. The number of carbonyl (C=O) groups is 1. The summed E-state index contributed by atoms with van der Waals surface area (Å²) in [4.78, 5) is 17.0. The molecule has 1 aliphatic rings. The zero-order chi connectivity index (χ0) is 13.0. The van der Waals surface area contributed by atoms with Crippen molar-refractivity contribution >= 4 is 6.03 Å². The van der Waals surface area contributed by atoms with E-state index in [0.29, 0.717) is 26.7 Å². The van der Waals surface area contributed by atoms with Gasteiger partial charge in [-0.3, -0.25) is 0 Å². The van der Waals surface area contributed by atoms with E-state index in [9.17, 15) is 4.79 Å². The van der Waals surface area contributed by atoms with Gasteiger partial charge in [0, 0.05) is 14.1 Å². The van der Waals surface area contributed by atoms with Crippen molar-refractivity contribution in [3.63, 3.8) is 0 Å². The van der Waals surface area contributed by atoms with Gasteiger partial charge < -0.3 is 14.5 Å². The second kappa shape index (κ2) is 5.84. The summed E-state index contributed by atoms with van der Waals surface area (Å²) in [6, 6.07) is 10.1. The number of rotatable bonds is 4. The molecule has 18 heavy (non-hydrogen) atoms.